The Morgan fingerprint density at radius 2 is 1.93 bits per heavy atom. The summed E-state index contributed by atoms with van der Waals surface area (Å²) in [6, 6.07) is 8.73. The monoisotopic (exact) mass is 427 g/mol. The molecule has 0 aliphatic carbocycles. The van der Waals surface area contributed by atoms with Crippen LogP contribution < -0.4 is 10.2 Å². The number of sulfonamides is 1. The van der Waals surface area contributed by atoms with E-state index in [0.717, 1.165) is 5.69 Å². The number of para-hydroxylation sites is 1. The van der Waals surface area contributed by atoms with Gasteiger partial charge in [0.2, 0.25) is 5.91 Å². The lowest BCUT2D eigenvalue weighted by atomic mass is 9.97. The normalized spacial score (nSPS) is 16.3. The van der Waals surface area contributed by atoms with Crippen molar-refractivity contribution in [2.24, 2.45) is 5.92 Å². The van der Waals surface area contributed by atoms with Crippen molar-refractivity contribution in [2.75, 3.05) is 37.4 Å². The van der Waals surface area contributed by atoms with Gasteiger partial charge in [-0.3, -0.25) is 4.79 Å². The first-order valence-electron chi connectivity index (χ1n) is 8.61. The van der Waals surface area contributed by atoms with Crippen molar-refractivity contribution >= 4 is 50.2 Å². The molecule has 1 aromatic heterocycles. The summed E-state index contributed by atoms with van der Waals surface area (Å²) in [5, 5.41) is 5.27. The first kappa shape index (κ1) is 20.1. The molecule has 1 N–H and O–H groups in total. The summed E-state index contributed by atoms with van der Waals surface area (Å²) < 4.78 is 27.0. The number of hydrogen-bond acceptors (Lipinski definition) is 5. The van der Waals surface area contributed by atoms with E-state index >= 15 is 0 Å². The van der Waals surface area contributed by atoms with Crippen LogP contribution in [0, 0.1) is 5.92 Å². The van der Waals surface area contributed by atoms with Crippen LogP contribution in [0.15, 0.2) is 39.9 Å². The molecule has 0 radical (unpaired) electrons. The summed E-state index contributed by atoms with van der Waals surface area (Å²) in [5.41, 5.74) is 1.41. The molecule has 2 heterocycles. The summed E-state index contributed by atoms with van der Waals surface area (Å²) in [6.45, 7) is 0.683. The molecule has 1 saturated heterocycles. The van der Waals surface area contributed by atoms with Crippen LogP contribution in [0.1, 0.15) is 12.8 Å². The smallest absolute Gasteiger partial charge is 0.252 e. The van der Waals surface area contributed by atoms with Gasteiger partial charge in [-0.15, -0.1) is 11.3 Å². The van der Waals surface area contributed by atoms with Gasteiger partial charge in [0.1, 0.15) is 4.21 Å². The van der Waals surface area contributed by atoms with E-state index in [2.05, 4.69) is 5.32 Å². The zero-order valence-corrected chi connectivity index (χ0v) is 17.6. The molecule has 1 aromatic carbocycles. The van der Waals surface area contributed by atoms with Gasteiger partial charge in [-0.05, 0) is 36.4 Å². The van der Waals surface area contributed by atoms with Crippen LogP contribution in [-0.4, -0.2) is 45.8 Å². The van der Waals surface area contributed by atoms with Crippen molar-refractivity contribution in [3.05, 3.63) is 40.7 Å². The highest BCUT2D eigenvalue weighted by atomic mass is 35.5. The maximum Gasteiger partial charge on any atom is 0.252 e. The predicted molar refractivity (Wildman–Crippen MR) is 110 cm³/mol. The van der Waals surface area contributed by atoms with Gasteiger partial charge in [0.05, 0.1) is 16.4 Å². The Labute approximate surface area is 168 Å². The van der Waals surface area contributed by atoms with Gasteiger partial charge >= 0.3 is 0 Å². The van der Waals surface area contributed by atoms with Gasteiger partial charge < -0.3 is 10.2 Å². The fourth-order valence-corrected chi connectivity index (χ4v) is 6.16. The molecule has 2 aromatic rings. The highest BCUT2D eigenvalue weighted by molar-refractivity contribution is 7.91. The molecule has 0 bridgehead atoms. The second kappa shape index (κ2) is 8.18. The third kappa shape index (κ3) is 4.29. The second-order valence-corrected chi connectivity index (χ2v) is 10.1. The molecule has 1 aliphatic rings. The molecule has 1 amide bonds. The van der Waals surface area contributed by atoms with Crippen LogP contribution in [0.2, 0.25) is 5.02 Å². The lowest BCUT2D eigenvalue weighted by Gasteiger charge is -2.30. The van der Waals surface area contributed by atoms with Crippen molar-refractivity contribution < 1.29 is 13.2 Å². The number of anilines is 2. The average molecular weight is 428 g/mol. The van der Waals surface area contributed by atoms with E-state index in [9.17, 15) is 13.2 Å². The van der Waals surface area contributed by atoms with Crippen LogP contribution in [0.3, 0.4) is 0 Å². The first-order chi connectivity index (χ1) is 12.8. The van der Waals surface area contributed by atoms with E-state index in [1.165, 1.54) is 15.6 Å². The summed E-state index contributed by atoms with van der Waals surface area (Å²) in [5.74, 6) is -0.331. The van der Waals surface area contributed by atoms with Crippen molar-refractivity contribution in [1.29, 1.82) is 0 Å². The van der Waals surface area contributed by atoms with Crippen molar-refractivity contribution in [2.45, 2.75) is 17.1 Å². The highest BCUT2D eigenvalue weighted by Gasteiger charge is 2.32. The molecule has 1 fully saturated rings. The molecule has 1 aliphatic heterocycles. The maximum absolute atomic E-state index is 12.7. The number of nitrogens with one attached hydrogen (secondary N) is 1. The molecule has 0 unspecified atom stereocenters. The Balaban J connectivity index is 1.65. The predicted octanol–water partition coefficient (Wildman–Crippen LogP) is 3.51. The average Bonchev–Trinajstić information content (AvgIpc) is 3.17. The van der Waals surface area contributed by atoms with Gasteiger partial charge in [0, 0.05) is 33.1 Å². The largest absolute Gasteiger partial charge is 0.375 e. The Hall–Kier alpha value is -1.61. The molecule has 9 heteroatoms. The van der Waals surface area contributed by atoms with E-state index in [1.807, 2.05) is 25.1 Å². The molecule has 146 valence electrons. The molecular formula is C18H22ClN3O3S2. The maximum atomic E-state index is 12.7. The van der Waals surface area contributed by atoms with Crippen molar-refractivity contribution in [1.82, 2.24) is 4.31 Å². The SMILES string of the molecule is CN(C)c1c(Cl)cccc1NC(=O)C1CCN(S(=O)(=O)c2cccs2)CC1. The molecule has 6 nitrogen and oxygen atoms in total. The minimum atomic E-state index is -3.45. The summed E-state index contributed by atoms with van der Waals surface area (Å²) in [4.78, 5) is 14.6. The zero-order chi connectivity index (χ0) is 19.6. The van der Waals surface area contributed by atoms with Crippen LogP contribution >= 0.6 is 22.9 Å². The number of hydrogen-bond donors (Lipinski definition) is 1. The number of nitrogens with zero attached hydrogens (tertiary/aromatic N) is 2. The topological polar surface area (TPSA) is 69.7 Å². The van der Waals surface area contributed by atoms with Crippen LogP contribution in [0.25, 0.3) is 0 Å². The lowest BCUT2D eigenvalue weighted by Crippen LogP contribution is -2.41. The van der Waals surface area contributed by atoms with E-state index in [4.69, 9.17) is 11.6 Å². The van der Waals surface area contributed by atoms with E-state index in [-0.39, 0.29) is 11.8 Å². The van der Waals surface area contributed by atoms with Gasteiger partial charge in [0.25, 0.3) is 10.0 Å². The molecule has 0 saturated carbocycles. The number of rotatable bonds is 5. The molecule has 0 atom stereocenters. The molecule has 27 heavy (non-hydrogen) atoms. The number of benzene rings is 1. The second-order valence-electron chi connectivity index (χ2n) is 6.63. The van der Waals surface area contributed by atoms with Gasteiger partial charge in [0.15, 0.2) is 0 Å². The Morgan fingerprint density at radius 1 is 1.22 bits per heavy atom. The standard InChI is InChI=1S/C18H22ClN3O3S2/c1-21(2)17-14(19)5-3-6-15(17)20-18(23)13-8-10-22(11-9-13)27(24,25)16-7-4-12-26-16/h3-7,12-13H,8-11H2,1-2H3,(H,20,23). The third-order valence-corrected chi connectivity index (χ3v) is 8.18. The zero-order valence-electron chi connectivity index (χ0n) is 15.2. The van der Waals surface area contributed by atoms with Crippen molar-refractivity contribution in [3.63, 3.8) is 0 Å². The van der Waals surface area contributed by atoms with Crippen LogP contribution in [-0.2, 0) is 14.8 Å². The van der Waals surface area contributed by atoms with E-state index < -0.39 is 10.0 Å². The lowest BCUT2D eigenvalue weighted by molar-refractivity contribution is -0.120. The van der Waals surface area contributed by atoms with E-state index in [1.54, 1.807) is 29.6 Å². The minimum absolute atomic E-state index is 0.103. The van der Waals surface area contributed by atoms with Crippen molar-refractivity contribution in [3.8, 4) is 0 Å². The number of halogens is 1. The first-order valence-corrected chi connectivity index (χ1v) is 11.3. The molecule has 3 rings (SSSR count). The molecular weight excluding hydrogens is 406 g/mol. The minimum Gasteiger partial charge on any atom is -0.375 e. The fourth-order valence-electron chi connectivity index (χ4n) is 3.20. The Morgan fingerprint density at radius 3 is 2.52 bits per heavy atom. The van der Waals surface area contributed by atoms with Gasteiger partial charge in [-0.1, -0.05) is 23.7 Å². The summed E-state index contributed by atoms with van der Waals surface area (Å²) in [6.07, 6.45) is 0.989. The number of carbonyl (C=O) groups is 1. The fraction of sp³-hybridized carbons (Fsp3) is 0.389. The molecule has 0 spiro atoms. The van der Waals surface area contributed by atoms with Gasteiger partial charge in [-0.25, -0.2) is 8.42 Å². The number of amides is 1. The Kier molecular flexibility index (Phi) is 6.10. The Bertz CT molecular complexity index is 906. The summed E-state index contributed by atoms with van der Waals surface area (Å²) >= 11 is 7.46. The van der Waals surface area contributed by atoms with Crippen LogP contribution in [0.5, 0.6) is 0 Å². The third-order valence-electron chi connectivity index (χ3n) is 4.61. The number of piperidine rings is 1. The number of thiophene rings is 1. The van der Waals surface area contributed by atoms with Gasteiger partial charge in [-0.2, -0.15) is 4.31 Å². The highest BCUT2D eigenvalue weighted by Crippen LogP contribution is 2.33. The van der Waals surface area contributed by atoms with E-state index in [0.29, 0.717) is 40.9 Å². The number of carbonyl (C=O) groups excluding carboxylic acids is 1. The van der Waals surface area contributed by atoms with Crippen LogP contribution in [0.4, 0.5) is 11.4 Å². The summed E-state index contributed by atoms with van der Waals surface area (Å²) in [7, 11) is 0.277. The quantitative estimate of drug-likeness (QED) is 0.792.